The smallest absolute Gasteiger partial charge is 0.0794 e. The molecule has 0 aliphatic rings. The molecule has 0 saturated heterocycles. The number of fused-ring (bicyclic) bond motifs is 1. The molecule has 0 amide bonds. The van der Waals surface area contributed by atoms with Gasteiger partial charge in [0.05, 0.1) is 23.7 Å². The van der Waals surface area contributed by atoms with Crippen LogP contribution in [0.25, 0.3) is 10.1 Å². The van der Waals surface area contributed by atoms with Gasteiger partial charge in [-0.3, -0.25) is 0 Å². The molecule has 1 atom stereocenters. The zero-order valence-electron chi connectivity index (χ0n) is 12.8. The van der Waals surface area contributed by atoms with Crippen LogP contribution in [-0.4, -0.2) is 42.2 Å². The van der Waals surface area contributed by atoms with Gasteiger partial charge in [0.2, 0.25) is 0 Å². The van der Waals surface area contributed by atoms with Crippen molar-refractivity contribution in [3.05, 3.63) is 51.3 Å². The lowest BCUT2D eigenvalue weighted by atomic mass is 9.93. The molecule has 0 aliphatic carbocycles. The Morgan fingerprint density at radius 3 is 2.77 bits per heavy atom. The maximum Gasteiger partial charge on any atom is 0.0794 e. The van der Waals surface area contributed by atoms with Crippen molar-refractivity contribution in [3.63, 3.8) is 0 Å². The zero-order valence-corrected chi connectivity index (χ0v) is 14.5. The van der Waals surface area contributed by atoms with Crippen molar-refractivity contribution in [2.24, 2.45) is 0 Å². The first-order chi connectivity index (χ1) is 10.7. The lowest BCUT2D eigenvalue weighted by Crippen LogP contribution is -2.16. The number of aromatic nitrogens is 1. The van der Waals surface area contributed by atoms with E-state index in [4.69, 9.17) is 0 Å². The molecule has 3 aromatic rings. The molecular formula is C17H20N2OS2. The number of benzene rings is 1. The Morgan fingerprint density at radius 1 is 1.27 bits per heavy atom. The van der Waals surface area contributed by atoms with Gasteiger partial charge in [0, 0.05) is 21.5 Å². The highest BCUT2D eigenvalue weighted by Crippen LogP contribution is 2.39. The van der Waals surface area contributed by atoms with Gasteiger partial charge in [-0.1, -0.05) is 18.2 Å². The molecule has 2 aromatic heterocycles. The van der Waals surface area contributed by atoms with Gasteiger partial charge in [-0.05, 0) is 37.5 Å². The zero-order chi connectivity index (χ0) is 15.5. The van der Waals surface area contributed by atoms with Crippen LogP contribution in [0.1, 0.15) is 22.1 Å². The van der Waals surface area contributed by atoms with Gasteiger partial charge < -0.3 is 10.0 Å². The summed E-state index contributed by atoms with van der Waals surface area (Å²) in [5.74, 6) is -0.0282. The second kappa shape index (κ2) is 6.87. The third-order valence-electron chi connectivity index (χ3n) is 3.84. The molecular weight excluding hydrogens is 312 g/mol. The SMILES string of the molecule is CN(C)CCc1sc2ccccc2c1C(CO)c1cscn1. The molecule has 116 valence electrons. The summed E-state index contributed by atoms with van der Waals surface area (Å²) >= 11 is 3.43. The third-order valence-corrected chi connectivity index (χ3v) is 5.69. The van der Waals surface area contributed by atoms with Gasteiger partial charge in [0.1, 0.15) is 0 Å². The quantitative estimate of drug-likeness (QED) is 0.749. The molecule has 0 saturated carbocycles. The third kappa shape index (κ3) is 3.08. The summed E-state index contributed by atoms with van der Waals surface area (Å²) in [7, 11) is 4.19. The fourth-order valence-corrected chi connectivity index (χ4v) is 4.60. The molecule has 0 radical (unpaired) electrons. The number of aliphatic hydroxyl groups is 1. The summed E-state index contributed by atoms with van der Waals surface area (Å²) in [5.41, 5.74) is 4.07. The number of likely N-dealkylation sites (N-methyl/N-ethyl adjacent to an activating group) is 1. The van der Waals surface area contributed by atoms with Crippen LogP contribution in [0.3, 0.4) is 0 Å². The number of thiophene rings is 1. The summed E-state index contributed by atoms with van der Waals surface area (Å²) in [6.07, 6.45) is 1.00. The second-order valence-corrected chi connectivity index (χ2v) is 7.49. The van der Waals surface area contributed by atoms with Gasteiger partial charge in [0.15, 0.2) is 0 Å². The van der Waals surface area contributed by atoms with Crippen molar-refractivity contribution in [2.75, 3.05) is 27.2 Å². The van der Waals surface area contributed by atoms with Crippen molar-refractivity contribution in [1.82, 2.24) is 9.88 Å². The lowest BCUT2D eigenvalue weighted by Gasteiger charge is -2.15. The average Bonchev–Trinajstić information content (AvgIpc) is 3.15. The molecule has 1 aromatic carbocycles. The summed E-state index contributed by atoms with van der Waals surface area (Å²) in [5, 5.41) is 13.3. The molecule has 0 spiro atoms. The topological polar surface area (TPSA) is 36.4 Å². The molecule has 0 aliphatic heterocycles. The lowest BCUT2D eigenvalue weighted by molar-refractivity contribution is 0.279. The summed E-state index contributed by atoms with van der Waals surface area (Å²) in [6, 6.07) is 8.48. The van der Waals surface area contributed by atoms with Crippen LogP contribution in [-0.2, 0) is 6.42 Å². The molecule has 22 heavy (non-hydrogen) atoms. The van der Waals surface area contributed by atoms with Crippen molar-refractivity contribution in [2.45, 2.75) is 12.3 Å². The van der Waals surface area contributed by atoms with Crippen molar-refractivity contribution < 1.29 is 5.11 Å². The Balaban J connectivity index is 2.10. The van der Waals surface area contributed by atoms with Crippen LogP contribution in [0.2, 0.25) is 0 Å². The first-order valence-electron chi connectivity index (χ1n) is 7.34. The normalized spacial score (nSPS) is 13.1. The monoisotopic (exact) mass is 332 g/mol. The van der Waals surface area contributed by atoms with Crippen LogP contribution in [0.15, 0.2) is 35.2 Å². The Hall–Kier alpha value is -1.27. The summed E-state index contributed by atoms with van der Waals surface area (Å²) in [4.78, 5) is 8.00. The van der Waals surface area contributed by atoms with Gasteiger partial charge in [-0.2, -0.15) is 0 Å². The van der Waals surface area contributed by atoms with Crippen molar-refractivity contribution in [3.8, 4) is 0 Å². The fraction of sp³-hybridized carbons (Fsp3) is 0.353. The van der Waals surface area contributed by atoms with Gasteiger partial charge in [-0.25, -0.2) is 4.98 Å². The summed E-state index contributed by atoms with van der Waals surface area (Å²) < 4.78 is 1.29. The van der Waals surface area contributed by atoms with Crippen LogP contribution in [0.4, 0.5) is 0 Å². The minimum Gasteiger partial charge on any atom is -0.395 e. The molecule has 1 unspecified atom stereocenters. The minimum absolute atomic E-state index is 0.0282. The van der Waals surface area contributed by atoms with Crippen molar-refractivity contribution in [1.29, 1.82) is 0 Å². The van der Waals surface area contributed by atoms with Crippen LogP contribution in [0, 0.1) is 0 Å². The van der Waals surface area contributed by atoms with E-state index in [0.717, 1.165) is 18.7 Å². The summed E-state index contributed by atoms with van der Waals surface area (Å²) in [6.45, 7) is 1.11. The van der Waals surface area contributed by atoms with Gasteiger partial charge in [0.25, 0.3) is 0 Å². The molecule has 1 N–H and O–H groups in total. The van der Waals surface area contributed by atoms with E-state index >= 15 is 0 Å². The highest BCUT2D eigenvalue weighted by Gasteiger charge is 2.23. The Labute approximate surface area is 138 Å². The minimum atomic E-state index is -0.0282. The van der Waals surface area contributed by atoms with Crippen LogP contribution in [0.5, 0.6) is 0 Å². The highest BCUT2D eigenvalue weighted by molar-refractivity contribution is 7.19. The van der Waals surface area contributed by atoms with E-state index in [2.05, 4.69) is 48.2 Å². The second-order valence-electron chi connectivity index (χ2n) is 5.64. The van der Waals surface area contributed by atoms with E-state index in [1.807, 2.05) is 22.2 Å². The number of hydrogen-bond acceptors (Lipinski definition) is 5. The van der Waals surface area contributed by atoms with E-state index < -0.39 is 0 Å². The molecule has 3 nitrogen and oxygen atoms in total. The largest absolute Gasteiger partial charge is 0.395 e. The Kier molecular flexibility index (Phi) is 4.88. The number of rotatable bonds is 6. The maximum absolute atomic E-state index is 9.99. The van der Waals surface area contributed by atoms with E-state index in [-0.39, 0.29) is 12.5 Å². The van der Waals surface area contributed by atoms with E-state index in [0.29, 0.717) is 0 Å². The van der Waals surface area contributed by atoms with E-state index in [1.165, 1.54) is 20.5 Å². The number of thiazole rings is 1. The predicted molar refractivity (Wildman–Crippen MR) is 95.1 cm³/mol. The predicted octanol–water partition coefficient (Wildman–Crippen LogP) is 3.59. The molecule has 5 heteroatoms. The maximum atomic E-state index is 9.99. The van der Waals surface area contributed by atoms with E-state index in [1.54, 1.807) is 11.3 Å². The molecule has 2 heterocycles. The molecule has 0 fully saturated rings. The van der Waals surface area contributed by atoms with Gasteiger partial charge >= 0.3 is 0 Å². The van der Waals surface area contributed by atoms with Crippen LogP contribution >= 0.6 is 22.7 Å². The fourth-order valence-electron chi connectivity index (χ4n) is 2.74. The van der Waals surface area contributed by atoms with Crippen LogP contribution < -0.4 is 0 Å². The highest BCUT2D eigenvalue weighted by atomic mass is 32.1. The first kappa shape index (κ1) is 15.6. The number of hydrogen-bond donors (Lipinski definition) is 1. The van der Waals surface area contributed by atoms with Gasteiger partial charge in [-0.15, -0.1) is 22.7 Å². The molecule has 0 bridgehead atoms. The standard InChI is InChI=1S/C17H20N2OS2/c1-19(2)8-7-16-17(12-5-3-4-6-15(12)22-16)13(9-20)14-10-21-11-18-14/h3-6,10-11,13,20H,7-9H2,1-2H3. The first-order valence-corrected chi connectivity index (χ1v) is 9.10. The average molecular weight is 332 g/mol. The molecule has 3 rings (SSSR count). The van der Waals surface area contributed by atoms with Crippen molar-refractivity contribution >= 4 is 32.8 Å². The Morgan fingerprint density at radius 2 is 2.09 bits per heavy atom. The van der Waals surface area contributed by atoms with E-state index in [9.17, 15) is 5.11 Å². The Bertz CT molecular complexity index is 734. The number of aliphatic hydroxyl groups excluding tert-OH is 1. The number of nitrogens with zero attached hydrogens (tertiary/aromatic N) is 2.